The molecule has 0 spiro atoms. The van der Waals surface area contributed by atoms with Gasteiger partial charge in [0.15, 0.2) is 23.8 Å². The van der Waals surface area contributed by atoms with E-state index in [-0.39, 0.29) is 11.9 Å². The second-order valence-electron chi connectivity index (χ2n) is 5.50. The number of ether oxygens (including phenoxy) is 2. The first-order valence-corrected chi connectivity index (χ1v) is 7.05. The molecule has 3 heterocycles. The molecule has 1 unspecified atom stereocenters. The number of anilines is 1. The number of nitrogen functional groups attached to an aromatic ring is 1. The fourth-order valence-corrected chi connectivity index (χ4v) is 2.44. The number of carbonyl (C=O) groups is 1. The fraction of sp³-hybridized carbons (Fsp3) is 0.538. The number of aromatic nitrogens is 4. The summed E-state index contributed by atoms with van der Waals surface area (Å²) in [6.45, 7) is 3.35. The third-order valence-electron chi connectivity index (χ3n) is 3.48. The van der Waals surface area contributed by atoms with Crippen molar-refractivity contribution in [1.29, 1.82) is 0 Å². The van der Waals surface area contributed by atoms with Crippen LogP contribution in [0.25, 0.3) is 11.2 Å². The van der Waals surface area contributed by atoms with Crippen molar-refractivity contribution < 1.29 is 24.5 Å². The molecule has 0 aromatic carbocycles. The van der Waals surface area contributed by atoms with Crippen LogP contribution in [0.3, 0.4) is 0 Å². The van der Waals surface area contributed by atoms with Gasteiger partial charge in [-0.3, -0.25) is 4.57 Å². The highest BCUT2D eigenvalue weighted by molar-refractivity contribution is 5.81. The lowest BCUT2D eigenvalue weighted by atomic mass is 10.1. The van der Waals surface area contributed by atoms with Crippen LogP contribution in [0.5, 0.6) is 0 Å². The normalized spacial score (nSPS) is 27.7. The van der Waals surface area contributed by atoms with Gasteiger partial charge in [0.05, 0.1) is 12.4 Å². The number of hydrogen-bond acceptors (Lipinski definition) is 9. The molecule has 2 aromatic heterocycles. The SMILES string of the molecule is CC(C)OC(=O)[C@H]1OC(n2cnc3c(N)ncnc32)[C@H](O)[C@@H]1O. The highest BCUT2D eigenvalue weighted by Gasteiger charge is 2.48. The van der Waals surface area contributed by atoms with Gasteiger partial charge in [-0.25, -0.2) is 19.7 Å². The van der Waals surface area contributed by atoms with Crippen LogP contribution in [-0.2, 0) is 14.3 Å². The maximum Gasteiger partial charge on any atom is 0.338 e. The molecular weight excluding hydrogens is 306 g/mol. The fourth-order valence-electron chi connectivity index (χ4n) is 2.44. The lowest BCUT2D eigenvalue weighted by Gasteiger charge is -2.16. The number of hydrogen-bond donors (Lipinski definition) is 3. The highest BCUT2D eigenvalue weighted by Crippen LogP contribution is 2.32. The number of imidazole rings is 1. The summed E-state index contributed by atoms with van der Waals surface area (Å²) in [5.41, 5.74) is 6.37. The lowest BCUT2D eigenvalue weighted by Crippen LogP contribution is -2.37. The summed E-state index contributed by atoms with van der Waals surface area (Å²) < 4.78 is 11.9. The van der Waals surface area contributed by atoms with Gasteiger partial charge in [-0.15, -0.1) is 0 Å². The molecule has 3 rings (SSSR count). The van der Waals surface area contributed by atoms with Crippen molar-refractivity contribution in [2.75, 3.05) is 5.73 Å². The number of rotatable bonds is 3. The second kappa shape index (κ2) is 5.72. The van der Waals surface area contributed by atoms with Crippen LogP contribution >= 0.6 is 0 Å². The van der Waals surface area contributed by atoms with E-state index in [1.165, 1.54) is 17.2 Å². The molecule has 0 radical (unpaired) electrons. The summed E-state index contributed by atoms with van der Waals surface area (Å²) in [7, 11) is 0. The monoisotopic (exact) mass is 323 g/mol. The van der Waals surface area contributed by atoms with Crippen molar-refractivity contribution in [3.63, 3.8) is 0 Å². The number of nitrogens with two attached hydrogens (primary N) is 1. The Kier molecular flexibility index (Phi) is 3.88. The molecular formula is C13H17N5O5. The molecule has 4 atom stereocenters. The summed E-state index contributed by atoms with van der Waals surface area (Å²) in [5, 5.41) is 20.3. The van der Waals surface area contributed by atoms with Gasteiger partial charge in [-0.05, 0) is 13.8 Å². The van der Waals surface area contributed by atoms with Crippen molar-refractivity contribution in [1.82, 2.24) is 19.5 Å². The molecule has 4 N–H and O–H groups in total. The van der Waals surface area contributed by atoms with Crippen molar-refractivity contribution in [2.24, 2.45) is 0 Å². The van der Waals surface area contributed by atoms with Crippen LogP contribution in [0.2, 0.25) is 0 Å². The van der Waals surface area contributed by atoms with Gasteiger partial charge in [0.1, 0.15) is 24.1 Å². The first-order valence-electron chi connectivity index (χ1n) is 7.05. The molecule has 1 saturated heterocycles. The van der Waals surface area contributed by atoms with Crippen LogP contribution in [0.4, 0.5) is 5.82 Å². The van der Waals surface area contributed by atoms with Gasteiger partial charge in [-0.1, -0.05) is 0 Å². The van der Waals surface area contributed by atoms with Gasteiger partial charge in [-0.2, -0.15) is 0 Å². The van der Waals surface area contributed by atoms with E-state index < -0.39 is 30.5 Å². The molecule has 0 amide bonds. The van der Waals surface area contributed by atoms with Gasteiger partial charge in [0.25, 0.3) is 0 Å². The first kappa shape index (κ1) is 15.6. The van der Waals surface area contributed by atoms with Gasteiger partial charge in [0.2, 0.25) is 0 Å². The molecule has 1 aliphatic rings. The predicted octanol–water partition coefficient (Wildman–Crippen LogP) is -1.02. The Labute approximate surface area is 130 Å². The van der Waals surface area contributed by atoms with E-state index in [9.17, 15) is 15.0 Å². The maximum absolute atomic E-state index is 12.0. The molecule has 0 aliphatic carbocycles. The quantitative estimate of drug-likeness (QED) is 0.604. The van der Waals surface area contributed by atoms with Crippen LogP contribution in [0.15, 0.2) is 12.7 Å². The average molecular weight is 323 g/mol. The Morgan fingerprint density at radius 3 is 2.78 bits per heavy atom. The van der Waals surface area contributed by atoms with E-state index in [0.29, 0.717) is 11.2 Å². The molecule has 23 heavy (non-hydrogen) atoms. The molecule has 2 aromatic rings. The smallest absolute Gasteiger partial charge is 0.338 e. The van der Waals surface area contributed by atoms with E-state index >= 15 is 0 Å². The Morgan fingerprint density at radius 2 is 2.09 bits per heavy atom. The average Bonchev–Trinajstić information content (AvgIpc) is 3.02. The van der Waals surface area contributed by atoms with Gasteiger partial charge >= 0.3 is 5.97 Å². The number of aliphatic hydroxyl groups is 2. The number of carbonyl (C=O) groups excluding carboxylic acids is 1. The first-order chi connectivity index (χ1) is 10.9. The standard InChI is InChI=1S/C13H17N5O5/c1-5(2)22-13(21)9-7(19)8(20)12(23-9)18-4-17-6-10(14)15-3-16-11(6)18/h3-5,7-9,12,19-20H,1-2H3,(H2,14,15,16)/t7-,8+,9-,12?/m0/s1. The Morgan fingerprint density at radius 1 is 1.35 bits per heavy atom. The summed E-state index contributed by atoms with van der Waals surface area (Å²) in [5.74, 6) is -0.565. The molecule has 0 saturated carbocycles. The van der Waals surface area contributed by atoms with Crippen molar-refractivity contribution in [2.45, 2.75) is 44.5 Å². The summed E-state index contributed by atoms with van der Waals surface area (Å²) >= 11 is 0. The zero-order valence-corrected chi connectivity index (χ0v) is 12.5. The van der Waals surface area contributed by atoms with Crippen molar-refractivity contribution >= 4 is 23.0 Å². The predicted molar refractivity (Wildman–Crippen MR) is 76.9 cm³/mol. The van der Waals surface area contributed by atoms with Crippen LogP contribution in [0, 0.1) is 0 Å². The second-order valence-corrected chi connectivity index (χ2v) is 5.50. The molecule has 124 valence electrons. The molecule has 1 aliphatic heterocycles. The van der Waals surface area contributed by atoms with Gasteiger partial charge in [0, 0.05) is 0 Å². The minimum absolute atomic E-state index is 0.178. The minimum atomic E-state index is -1.43. The lowest BCUT2D eigenvalue weighted by molar-refractivity contribution is -0.165. The number of aliphatic hydroxyl groups excluding tert-OH is 2. The van der Waals surface area contributed by atoms with E-state index in [0.717, 1.165) is 0 Å². The molecule has 10 nitrogen and oxygen atoms in total. The number of fused-ring (bicyclic) bond motifs is 1. The third-order valence-corrected chi connectivity index (χ3v) is 3.48. The Bertz CT molecular complexity index is 733. The van der Waals surface area contributed by atoms with E-state index in [1.54, 1.807) is 13.8 Å². The largest absolute Gasteiger partial charge is 0.461 e. The Hall–Kier alpha value is -2.30. The zero-order valence-electron chi connectivity index (χ0n) is 12.5. The van der Waals surface area contributed by atoms with Gasteiger partial charge < -0.3 is 25.4 Å². The van der Waals surface area contributed by atoms with Crippen LogP contribution in [0.1, 0.15) is 20.1 Å². The number of nitrogens with zero attached hydrogens (tertiary/aromatic N) is 4. The van der Waals surface area contributed by atoms with Crippen LogP contribution in [-0.4, -0.2) is 60.1 Å². The van der Waals surface area contributed by atoms with E-state index in [4.69, 9.17) is 15.2 Å². The topological polar surface area (TPSA) is 146 Å². The maximum atomic E-state index is 12.0. The van der Waals surface area contributed by atoms with Crippen molar-refractivity contribution in [3.05, 3.63) is 12.7 Å². The molecule has 0 bridgehead atoms. The Balaban J connectivity index is 1.91. The summed E-state index contributed by atoms with van der Waals surface area (Å²) in [6.07, 6.45) is -2.89. The third kappa shape index (κ3) is 2.60. The molecule has 1 fully saturated rings. The summed E-state index contributed by atoms with van der Waals surface area (Å²) in [6, 6.07) is 0. The van der Waals surface area contributed by atoms with Crippen molar-refractivity contribution in [3.8, 4) is 0 Å². The summed E-state index contributed by atoms with van der Waals surface area (Å²) in [4.78, 5) is 23.9. The highest BCUT2D eigenvalue weighted by atomic mass is 16.6. The molecule has 10 heteroatoms. The van der Waals surface area contributed by atoms with E-state index in [2.05, 4.69) is 15.0 Å². The minimum Gasteiger partial charge on any atom is -0.461 e. The van der Waals surface area contributed by atoms with Crippen LogP contribution < -0.4 is 5.73 Å². The zero-order chi connectivity index (χ0) is 16.7. The number of esters is 1. The van der Waals surface area contributed by atoms with E-state index in [1.807, 2.05) is 0 Å².